The summed E-state index contributed by atoms with van der Waals surface area (Å²) < 4.78 is 5.91. The minimum atomic E-state index is -1.53. The third-order valence-electron chi connectivity index (χ3n) is 2.31. The maximum atomic E-state index is 5.91. The predicted octanol–water partition coefficient (Wildman–Crippen LogP) is -0.217. The zero-order valence-electron chi connectivity index (χ0n) is 9.40. The molecule has 0 amide bonds. The van der Waals surface area contributed by atoms with Crippen LogP contribution in [0.25, 0.3) is 0 Å². The number of hydrogen-bond donors (Lipinski definition) is 0. The maximum Gasteiger partial charge on any atom is 2.00 e. The number of rotatable bonds is 5. The summed E-state index contributed by atoms with van der Waals surface area (Å²) >= 11 is 0. The summed E-state index contributed by atoms with van der Waals surface area (Å²) in [6.45, 7) is 12.9. The summed E-state index contributed by atoms with van der Waals surface area (Å²) in [6, 6.07) is 2.27. The van der Waals surface area contributed by atoms with Gasteiger partial charge < -0.3 is 28.0 Å². The smallest absolute Gasteiger partial charge is 1.00 e. The molecule has 0 aromatic heterocycles. The molecule has 0 aliphatic rings. The van der Waals surface area contributed by atoms with Crippen molar-refractivity contribution >= 4 is 31.4 Å². The van der Waals surface area contributed by atoms with Crippen LogP contribution in [-0.2, 0) is 4.43 Å². The van der Waals surface area contributed by atoms with E-state index in [1.165, 1.54) is 0 Å². The van der Waals surface area contributed by atoms with Gasteiger partial charge in [0.25, 0.3) is 0 Å². The van der Waals surface area contributed by atoms with Crippen molar-refractivity contribution < 1.29 is 21.4 Å². The van der Waals surface area contributed by atoms with Crippen LogP contribution in [0.15, 0.2) is 0 Å². The molecular formula is C9H21BrMgOSi. The van der Waals surface area contributed by atoms with Crippen molar-refractivity contribution in [2.45, 2.75) is 52.3 Å². The van der Waals surface area contributed by atoms with E-state index in [2.05, 4.69) is 34.2 Å². The average molecular weight is 278 g/mol. The first-order valence-corrected chi connectivity index (χ1v) is 7.14. The monoisotopic (exact) mass is 276 g/mol. The minimum absolute atomic E-state index is 0. The molecule has 0 radical (unpaired) electrons. The second kappa shape index (κ2) is 9.96. The third kappa shape index (κ3) is 8.42. The quantitative estimate of drug-likeness (QED) is 0.499. The summed E-state index contributed by atoms with van der Waals surface area (Å²) in [4.78, 5) is 0. The van der Waals surface area contributed by atoms with Gasteiger partial charge in [-0.3, -0.25) is 0 Å². The van der Waals surface area contributed by atoms with E-state index in [9.17, 15) is 0 Å². The van der Waals surface area contributed by atoms with Gasteiger partial charge in [-0.25, -0.2) is 0 Å². The third-order valence-corrected chi connectivity index (χ3v) is 5.79. The molecule has 13 heavy (non-hydrogen) atoms. The molecule has 0 aromatic carbocycles. The summed E-state index contributed by atoms with van der Waals surface area (Å²) in [6.07, 6.45) is 1.50. The summed E-state index contributed by atoms with van der Waals surface area (Å²) in [5.74, 6) is 0. The van der Waals surface area contributed by atoms with Gasteiger partial charge in [-0.2, -0.15) is 0 Å². The van der Waals surface area contributed by atoms with Crippen LogP contribution in [0.2, 0.25) is 12.1 Å². The van der Waals surface area contributed by atoms with E-state index >= 15 is 0 Å². The van der Waals surface area contributed by atoms with Crippen LogP contribution >= 0.6 is 0 Å². The SMILES string of the molecule is [Br-].[CH2-][Si](CC)(CC)OC(C)CC.[Mg+2]. The van der Waals surface area contributed by atoms with E-state index in [0.717, 1.165) is 18.5 Å². The summed E-state index contributed by atoms with van der Waals surface area (Å²) in [5.41, 5.74) is 0. The Hall–Kier alpha value is 1.42. The van der Waals surface area contributed by atoms with Crippen LogP contribution in [0.1, 0.15) is 34.1 Å². The first-order chi connectivity index (χ1) is 5.08. The van der Waals surface area contributed by atoms with Gasteiger partial charge in [-0.1, -0.05) is 32.9 Å². The Morgan fingerprint density at radius 3 is 1.85 bits per heavy atom. The van der Waals surface area contributed by atoms with Gasteiger partial charge in [0.1, 0.15) is 0 Å². The Kier molecular flexibility index (Phi) is 15.3. The molecule has 0 bridgehead atoms. The van der Waals surface area contributed by atoms with Crippen molar-refractivity contribution in [3.8, 4) is 0 Å². The van der Waals surface area contributed by atoms with Gasteiger partial charge in [-0.15, -0.1) is 0 Å². The van der Waals surface area contributed by atoms with E-state index in [-0.39, 0.29) is 40.0 Å². The largest absolute Gasteiger partial charge is 2.00 e. The van der Waals surface area contributed by atoms with E-state index in [1.54, 1.807) is 0 Å². The molecule has 0 fully saturated rings. The van der Waals surface area contributed by atoms with E-state index in [0.29, 0.717) is 6.10 Å². The Labute approximate surface area is 111 Å². The van der Waals surface area contributed by atoms with Crippen molar-refractivity contribution in [1.82, 2.24) is 0 Å². The van der Waals surface area contributed by atoms with Crippen molar-refractivity contribution in [3.05, 3.63) is 6.55 Å². The Balaban J connectivity index is -0.000000500. The molecule has 0 heterocycles. The molecule has 1 nitrogen and oxygen atoms in total. The van der Waals surface area contributed by atoms with Crippen LogP contribution in [0.4, 0.5) is 0 Å². The molecule has 0 saturated heterocycles. The zero-order chi connectivity index (χ0) is 8.91. The van der Waals surface area contributed by atoms with Crippen molar-refractivity contribution in [2.24, 2.45) is 0 Å². The molecule has 76 valence electrons. The fourth-order valence-corrected chi connectivity index (χ4v) is 2.78. The molecule has 0 spiro atoms. The second-order valence-electron chi connectivity index (χ2n) is 3.23. The van der Waals surface area contributed by atoms with Gasteiger partial charge in [-0.05, 0) is 13.3 Å². The first-order valence-electron chi connectivity index (χ1n) is 4.61. The minimum Gasteiger partial charge on any atom is -1.00 e. The molecule has 1 unspecified atom stereocenters. The molecule has 0 aromatic rings. The normalized spacial score (nSPS) is 12.7. The number of hydrogen-bond acceptors (Lipinski definition) is 1. The van der Waals surface area contributed by atoms with Crippen molar-refractivity contribution in [1.29, 1.82) is 0 Å². The van der Waals surface area contributed by atoms with Gasteiger partial charge >= 0.3 is 23.1 Å². The van der Waals surface area contributed by atoms with Gasteiger partial charge in [0.05, 0.1) is 0 Å². The second-order valence-corrected chi connectivity index (χ2v) is 7.24. The average Bonchev–Trinajstić information content (AvgIpc) is 2.04. The Bertz CT molecular complexity index is 110. The summed E-state index contributed by atoms with van der Waals surface area (Å²) in [5, 5.41) is 0. The Morgan fingerprint density at radius 2 is 1.62 bits per heavy atom. The van der Waals surface area contributed by atoms with Crippen LogP contribution in [0, 0.1) is 6.55 Å². The van der Waals surface area contributed by atoms with Crippen LogP contribution < -0.4 is 17.0 Å². The topological polar surface area (TPSA) is 9.23 Å². The predicted molar refractivity (Wildman–Crippen MR) is 58.7 cm³/mol. The molecule has 0 N–H and O–H groups in total. The van der Waals surface area contributed by atoms with Gasteiger partial charge in [0, 0.05) is 14.4 Å². The van der Waals surface area contributed by atoms with Crippen LogP contribution in [-0.4, -0.2) is 37.5 Å². The molecule has 0 saturated carbocycles. The van der Waals surface area contributed by atoms with Gasteiger partial charge in [0.2, 0.25) is 0 Å². The van der Waals surface area contributed by atoms with Crippen molar-refractivity contribution in [3.63, 3.8) is 0 Å². The molecule has 0 aliphatic carbocycles. The maximum absolute atomic E-state index is 5.91. The van der Waals surface area contributed by atoms with Crippen LogP contribution in [0.5, 0.6) is 0 Å². The van der Waals surface area contributed by atoms with E-state index in [1.807, 2.05) is 0 Å². The molecular weight excluding hydrogens is 256 g/mol. The fraction of sp³-hybridized carbons (Fsp3) is 0.889. The zero-order valence-corrected chi connectivity index (χ0v) is 13.4. The van der Waals surface area contributed by atoms with Crippen molar-refractivity contribution in [2.75, 3.05) is 0 Å². The number of halogens is 1. The van der Waals surface area contributed by atoms with Gasteiger partial charge in [0.15, 0.2) is 0 Å². The van der Waals surface area contributed by atoms with Crippen LogP contribution in [0.3, 0.4) is 0 Å². The Morgan fingerprint density at radius 1 is 1.23 bits per heavy atom. The first kappa shape index (κ1) is 19.9. The molecule has 1 atom stereocenters. The molecule has 4 heteroatoms. The van der Waals surface area contributed by atoms with E-state index in [4.69, 9.17) is 4.43 Å². The standard InChI is InChI=1S/C9H21OSi.BrH.Mg/c1-6-9(4)10-11(5,7-2)8-3;;/h9H,5-8H2,1-4H3;1H;/q-1;;+2/p-1. The fourth-order valence-electron chi connectivity index (χ4n) is 0.927. The summed E-state index contributed by atoms with van der Waals surface area (Å²) in [7, 11) is -1.53. The van der Waals surface area contributed by atoms with E-state index < -0.39 is 8.32 Å². The molecule has 0 rings (SSSR count). The molecule has 0 aliphatic heterocycles.